The molecule has 1 heterocycles. The Morgan fingerprint density at radius 3 is 2.32 bits per heavy atom. The molecule has 0 bridgehead atoms. The Kier molecular flexibility index (Phi) is 6.93. The van der Waals surface area contributed by atoms with Gasteiger partial charge in [-0.15, -0.1) is 0 Å². The van der Waals surface area contributed by atoms with Crippen LogP contribution >= 0.6 is 0 Å². The highest BCUT2D eigenvalue weighted by atomic mass is 19.1. The lowest BCUT2D eigenvalue weighted by atomic mass is 9.89. The van der Waals surface area contributed by atoms with Crippen LogP contribution in [0.1, 0.15) is 39.2 Å². The Labute approximate surface area is 149 Å². The Balaban J connectivity index is 1.77. The van der Waals surface area contributed by atoms with Gasteiger partial charge in [0.1, 0.15) is 5.82 Å². The van der Waals surface area contributed by atoms with E-state index in [1.54, 1.807) is 0 Å². The van der Waals surface area contributed by atoms with Crippen LogP contribution in [-0.2, 0) is 11.2 Å². The third-order valence-corrected chi connectivity index (χ3v) is 4.67. The number of halogens is 1. The molecule has 3 amide bonds. The predicted octanol–water partition coefficient (Wildman–Crippen LogP) is 2.70. The van der Waals surface area contributed by atoms with E-state index in [4.69, 9.17) is 0 Å². The normalized spacial score (nSPS) is 17.3. The molecule has 2 rings (SSSR count). The molecule has 1 aliphatic heterocycles. The van der Waals surface area contributed by atoms with Crippen molar-refractivity contribution in [2.45, 2.75) is 52.1 Å². The second-order valence-electron chi connectivity index (χ2n) is 7.10. The summed E-state index contributed by atoms with van der Waals surface area (Å²) in [6.07, 6.45) is 2.92. The van der Waals surface area contributed by atoms with Crippen molar-refractivity contribution < 1.29 is 14.0 Å². The van der Waals surface area contributed by atoms with Crippen LogP contribution in [0.2, 0.25) is 0 Å². The van der Waals surface area contributed by atoms with E-state index < -0.39 is 6.03 Å². The van der Waals surface area contributed by atoms with Crippen LogP contribution in [0.5, 0.6) is 0 Å². The predicted molar refractivity (Wildman–Crippen MR) is 95.7 cm³/mol. The summed E-state index contributed by atoms with van der Waals surface area (Å²) in [6, 6.07) is 5.89. The lowest BCUT2D eigenvalue weighted by Gasteiger charge is -2.35. The van der Waals surface area contributed by atoms with E-state index in [2.05, 4.69) is 15.5 Å². The lowest BCUT2D eigenvalue weighted by Crippen LogP contribution is -2.52. The molecule has 5 nitrogen and oxygen atoms in total. The third-order valence-electron chi connectivity index (χ3n) is 4.67. The number of amides is 3. The summed E-state index contributed by atoms with van der Waals surface area (Å²) in [7, 11) is 0. The fraction of sp³-hybridized carbons (Fsp3) is 0.579. The summed E-state index contributed by atoms with van der Waals surface area (Å²) in [5, 5.41) is 5.05. The van der Waals surface area contributed by atoms with E-state index in [1.165, 1.54) is 12.1 Å². The molecule has 1 unspecified atom stereocenters. The Bertz CT molecular complexity index is 581. The molecule has 0 aliphatic carbocycles. The number of likely N-dealkylation sites (tertiary alicyclic amines) is 1. The first-order valence-electron chi connectivity index (χ1n) is 8.95. The van der Waals surface area contributed by atoms with Crippen LogP contribution in [0.15, 0.2) is 24.3 Å². The van der Waals surface area contributed by atoms with Gasteiger partial charge in [0.15, 0.2) is 0 Å². The number of urea groups is 1. The van der Waals surface area contributed by atoms with Crippen molar-refractivity contribution >= 4 is 11.9 Å². The van der Waals surface area contributed by atoms with Gasteiger partial charge < -0.3 is 5.32 Å². The summed E-state index contributed by atoms with van der Waals surface area (Å²) >= 11 is 0. The van der Waals surface area contributed by atoms with Crippen molar-refractivity contribution in [1.29, 1.82) is 0 Å². The summed E-state index contributed by atoms with van der Waals surface area (Å²) in [4.78, 5) is 25.9. The molecular formula is C19H28FN3O2. The number of hydrogen-bond acceptors (Lipinski definition) is 3. The summed E-state index contributed by atoms with van der Waals surface area (Å²) < 4.78 is 13.0. The zero-order valence-corrected chi connectivity index (χ0v) is 15.2. The molecule has 0 spiro atoms. The number of piperidine rings is 1. The average molecular weight is 349 g/mol. The Morgan fingerprint density at radius 2 is 1.76 bits per heavy atom. The molecule has 1 fully saturated rings. The van der Waals surface area contributed by atoms with Gasteiger partial charge in [-0.1, -0.05) is 12.1 Å². The molecule has 1 aromatic carbocycles. The fourth-order valence-electron chi connectivity index (χ4n) is 3.18. The number of nitrogens with zero attached hydrogens (tertiary/aromatic N) is 1. The van der Waals surface area contributed by atoms with Crippen LogP contribution in [0.3, 0.4) is 0 Å². The smallest absolute Gasteiger partial charge is 0.321 e. The first-order chi connectivity index (χ1) is 11.8. The number of nitrogens with one attached hydrogen (secondary N) is 2. The van der Waals surface area contributed by atoms with E-state index >= 15 is 0 Å². The van der Waals surface area contributed by atoms with Crippen molar-refractivity contribution in [2.75, 3.05) is 13.1 Å². The van der Waals surface area contributed by atoms with Gasteiger partial charge in [0.25, 0.3) is 0 Å². The number of carbonyl (C=O) groups excluding carboxylic acids is 2. The highest BCUT2D eigenvalue weighted by Gasteiger charge is 2.27. The molecular weight excluding hydrogens is 321 g/mol. The maximum absolute atomic E-state index is 13.0. The first kappa shape index (κ1) is 19.4. The number of rotatable bonds is 5. The summed E-state index contributed by atoms with van der Waals surface area (Å²) in [5.41, 5.74) is 1.15. The quantitative estimate of drug-likeness (QED) is 0.859. The van der Waals surface area contributed by atoms with E-state index in [0.717, 1.165) is 37.9 Å². The van der Waals surface area contributed by atoms with Crippen LogP contribution in [-0.4, -0.2) is 42.0 Å². The van der Waals surface area contributed by atoms with Gasteiger partial charge in [0.05, 0.1) is 6.04 Å². The zero-order chi connectivity index (χ0) is 18.4. The van der Waals surface area contributed by atoms with E-state index in [0.29, 0.717) is 5.92 Å². The Morgan fingerprint density at radius 1 is 1.16 bits per heavy atom. The standard InChI is InChI=1S/C19H28FN3O2/c1-13(2)21-19(25)22-18(24)14(3)23-10-8-16(9-11-23)12-15-4-6-17(20)7-5-15/h4-7,13-14,16H,8-12H2,1-3H3,(H2,21,22,24,25). The van der Waals surface area contributed by atoms with Crippen LogP contribution in [0.4, 0.5) is 9.18 Å². The van der Waals surface area contributed by atoms with Gasteiger partial charge in [0.2, 0.25) is 5.91 Å². The number of hydrogen-bond donors (Lipinski definition) is 2. The van der Waals surface area contributed by atoms with Crippen molar-refractivity contribution in [3.63, 3.8) is 0 Å². The lowest BCUT2D eigenvalue weighted by molar-refractivity contribution is -0.125. The molecule has 2 N–H and O–H groups in total. The minimum Gasteiger partial charge on any atom is -0.336 e. The topological polar surface area (TPSA) is 61.4 Å². The zero-order valence-electron chi connectivity index (χ0n) is 15.2. The third kappa shape index (κ3) is 6.12. The van der Waals surface area contributed by atoms with Gasteiger partial charge in [-0.05, 0) is 76.7 Å². The molecule has 0 saturated carbocycles. The van der Waals surface area contributed by atoms with E-state index in [-0.39, 0.29) is 23.8 Å². The van der Waals surface area contributed by atoms with Crippen molar-refractivity contribution in [3.05, 3.63) is 35.6 Å². The van der Waals surface area contributed by atoms with Gasteiger partial charge in [-0.2, -0.15) is 0 Å². The average Bonchev–Trinajstić information content (AvgIpc) is 2.56. The fourth-order valence-corrected chi connectivity index (χ4v) is 3.18. The monoisotopic (exact) mass is 349 g/mol. The molecule has 1 saturated heterocycles. The molecule has 0 radical (unpaired) electrons. The van der Waals surface area contributed by atoms with Crippen molar-refractivity contribution in [2.24, 2.45) is 5.92 Å². The van der Waals surface area contributed by atoms with Gasteiger partial charge in [-0.25, -0.2) is 9.18 Å². The van der Waals surface area contributed by atoms with E-state index in [1.807, 2.05) is 32.9 Å². The maximum Gasteiger partial charge on any atom is 0.321 e. The minimum atomic E-state index is -0.446. The summed E-state index contributed by atoms with van der Waals surface area (Å²) in [5.74, 6) is 0.0660. The maximum atomic E-state index is 13.0. The SMILES string of the molecule is CC(C)NC(=O)NC(=O)C(C)N1CCC(Cc2ccc(F)cc2)CC1. The number of imide groups is 1. The second-order valence-corrected chi connectivity index (χ2v) is 7.10. The number of carbonyl (C=O) groups is 2. The molecule has 1 aliphatic rings. The van der Waals surface area contributed by atoms with Crippen LogP contribution in [0, 0.1) is 11.7 Å². The molecule has 25 heavy (non-hydrogen) atoms. The highest BCUT2D eigenvalue weighted by Crippen LogP contribution is 2.23. The van der Waals surface area contributed by atoms with Crippen molar-refractivity contribution in [1.82, 2.24) is 15.5 Å². The molecule has 0 aromatic heterocycles. The molecule has 1 aromatic rings. The minimum absolute atomic E-state index is 0.00897. The highest BCUT2D eigenvalue weighted by molar-refractivity contribution is 5.96. The van der Waals surface area contributed by atoms with Gasteiger partial charge >= 0.3 is 6.03 Å². The largest absolute Gasteiger partial charge is 0.336 e. The van der Waals surface area contributed by atoms with Gasteiger partial charge in [0, 0.05) is 6.04 Å². The van der Waals surface area contributed by atoms with Crippen LogP contribution < -0.4 is 10.6 Å². The molecule has 138 valence electrons. The van der Waals surface area contributed by atoms with E-state index in [9.17, 15) is 14.0 Å². The Hall–Kier alpha value is -1.95. The molecule has 1 atom stereocenters. The van der Waals surface area contributed by atoms with Gasteiger partial charge in [-0.3, -0.25) is 15.0 Å². The van der Waals surface area contributed by atoms with Crippen molar-refractivity contribution in [3.8, 4) is 0 Å². The second kappa shape index (κ2) is 8.94. The first-order valence-corrected chi connectivity index (χ1v) is 8.95. The molecule has 6 heteroatoms. The summed E-state index contributed by atoms with van der Waals surface area (Å²) in [6.45, 7) is 7.18. The number of benzene rings is 1. The van der Waals surface area contributed by atoms with Crippen LogP contribution in [0.25, 0.3) is 0 Å².